The van der Waals surface area contributed by atoms with E-state index in [1.165, 1.54) is 13.3 Å². The van der Waals surface area contributed by atoms with Gasteiger partial charge in [0, 0.05) is 12.4 Å². The second-order valence-electron chi connectivity index (χ2n) is 7.17. The van der Waals surface area contributed by atoms with Crippen LogP contribution in [-0.2, 0) is 14.9 Å². The molecule has 0 unspecified atom stereocenters. The summed E-state index contributed by atoms with van der Waals surface area (Å²) in [5.74, 6) is -0.509. The van der Waals surface area contributed by atoms with Gasteiger partial charge in [-0.25, -0.2) is 9.37 Å². The van der Waals surface area contributed by atoms with Crippen LogP contribution < -0.4 is 0 Å². The molecule has 5 nitrogen and oxygen atoms in total. The standard InChI is InChI=1S/C21H22FN3O2/c1-25-11-8-21(9-12-25,20(26)27-2)15-5-3-14(4-6-15)16-7-10-23-19-18(16)17(22)13-24-19/h3-7,10,13H,8-9,11-12H2,1-2H3,(H,23,24). The van der Waals surface area contributed by atoms with Gasteiger partial charge < -0.3 is 14.6 Å². The molecule has 0 radical (unpaired) electrons. The molecule has 1 saturated heterocycles. The SMILES string of the molecule is COC(=O)C1(c2ccc(-c3ccnc4[nH]cc(F)c34)cc2)CCN(C)CC1. The van der Waals surface area contributed by atoms with E-state index in [0.717, 1.165) is 42.6 Å². The Bertz CT molecular complexity index is 973. The minimum Gasteiger partial charge on any atom is -0.468 e. The van der Waals surface area contributed by atoms with Crippen molar-refractivity contribution in [2.24, 2.45) is 0 Å². The van der Waals surface area contributed by atoms with Crippen molar-refractivity contribution in [3.05, 3.63) is 54.1 Å². The van der Waals surface area contributed by atoms with E-state index in [2.05, 4.69) is 21.9 Å². The Morgan fingerprint density at radius 1 is 1.22 bits per heavy atom. The molecular formula is C21H22FN3O2. The predicted octanol–water partition coefficient (Wildman–Crippen LogP) is 3.51. The van der Waals surface area contributed by atoms with Crippen molar-refractivity contribution >= 4 is 17.0 Å². The summed E-state index contributed by atoms with van der Waals surface area (Å²) in [4.78, 5) is 21.9. The third-order valence-corrected chi connectivity index (χ3v) is 5.69. The second-order valence-corrected chi connectivity index (χ2v) is 7.17. The first-order valence-electron chi connectivity index (χ1n) is 9.04. The number of rotatable bonds is 3. The minimum absolute atomic E-state index is 0.189. The fourth-order valence-corrected chi connectivity index (χ4v) is 4.03. The summed E-state index contributed by atoms with van der Waals surface area (Å²) in [6.07, 6.45) is 4.43. The molecule has 2 aromatic heterocycles. The number of hydrogen-bond donors (Lipinski definition) is 1. The lowest BCUT2D eigenvalue weighted by Gasteiger charge is -2.38. The summed E-state index contributed by atoms with van der Waals surface area (Å²) in [5.41, 5.74) is 2.52. The van der Waals surface area contributed by atoms with E-state index in [0.29, 0.717) is 11.0 Å². The second kappa shape index (κ2) is 6.78. The number of benzene rings is 1. The molecule has 4 rings (SSSR count). The molecule has 0 aliphatic carbocycles. The summed E-state index contributed by atoms with van der Waals surface area (Å²) in [6.45, 7) is 1.69. The third-order valence-electron chi connectivity index (χ3n) is 5.69. The third kappa shape index (κ3) is 2.90. The normalized spacial score (nSPS) is 17.1. The molecular weight excluding hydrogens is 345 g/mol. The predicted molar refractivity (Wildman–Crippen MR) is 102 cm³/mol. The zero-order valence-electron chi connectivity index (χ0n) is 15.5. The highest BCUT2D eigenvalue weighted by atomic mass is 19.1. The van der Waals surface area contributed by atoms with Gasteiger partial charge in [0.2, 0.25) is 0 Å². The number of carbonyl (C=O) groups excluding carboxylic acids is 1. The number of piperidine rings is 1. The van der Waals surface area contributed by atoms with Crippen LogP contribution in [0.3, 0.4) is 0 Å². The zero-order valence-corrected chi connectivity index (χ0v) is 15.5. The van der Waals surface area contributed by atoms with E-state index >= 15 is 0 Å². The van der Waals surface area contributed by atoms with Gasteiger partial charge >= 0.3 is 5.97 Å². The maximum atomic E-state index is 14.2. The van der Waals surface area contributed by atoms with Gasteiger partial charge in [-0.1, -0.05) is 24.3 Å². The van der Waals surface area contributed by atoms with Crippen molar-refractivity contribution in [2.75, 3.05) is 27.2 Å². The smallest absolute Gasteiger partial charge is 0.316 e. The Labute approximate surface area is 157 Å². The van der Waals surface area contributed by atoms with Crippen LogP contribution in [0.4, 0.5) is 4.39 Å². The molecule has 1 aromatic carbocycles. The van der Waals surface area contributed by atoms with Crippen molar-refractivity contribution in [3.63, 3.8) is 0 Å². The Hall–Kier alpha value is -2.73. The monoisotopic (exact) mass is 367 g/mol. The van der Waals surface area contributed by atoms with E-state index in [9.17, 15) is 9.18 Å². The molecule has 140 valence electrons. The van der Waals surface area contributed by atoms with Crippen LogP contribution in [0.1, 0.15) is 18.4 Å². The number of ether oxygens (including phenoxy) is 1. The zero-order chi connectivity index (χ0) is 19.0. The Morgan fingerprint density at radius 2 is 1.93 bits per heavy atom. The molecule has 0 spiro atoms. The number of carbonyl (C=O) groups is 1. The number of aromatic nitrogens is 2. The number of nitrogens with one attached hydrogen (secondary N) is 1. The highest BCUT2D eigenvalue weighted by Crippen LogP contribution is 2.38. The van der Waals surface area contributed by atoms with Gasteiger partial charge in [0.25, 0.3) is 0 Å². The summed E-state index contributed by atoms with van der Waals surface area (Å²) in [6, 6.07) is 9.63. The van der Waals surface area contributed by atoms with Crippen LogP contribution >= 0.6 is 0 Å². The molecule has 6 heteroatoms. The summed E-state index contributed by atoms with van der Waals surface area (Å²) in [5, 5.41) is 0.479. The number of likely N-dealkylation sites (tertiary alicyclic amines) is 1. The Morgan fingerprint density at radius 3 is 2.59 bits per heavy atom. The van der Waals surface area contributed by atoms with Gasteiger partial charge in [-0.15, -0.1) is 0 Å². The number of hydrogen-bond acceptors (Lipinski definition) is 4. The van der Waals surface area contributed by atoms with Crippen LogP contribution in [0.25, 0.3) is 22.2 Å². The van der Waals surface area contributed by atoms with E-state index in [-0.39, 0.29) is 11.8 Å². The molecule has 0 saturated carbocycles. The minimum atomic E-state index is -0.618. The average molecular weight is 367 g/mol. The first-order chi connectivity index (χ1) is 13.0. The number of nitrogens with zero attached hydrogens (tertiary/aromatic N) is 2. The van der Waals surface area contributed by atoms with Gasteiger partial charge in [0.15, 0.2) is 5.82 Å². The lowest BCUT2D eigenvalue weighted by Crippen LogP contribution is -2.46. The van der Waals surface area contributed by atoms with Crippen molar-refractivity contribution in [1.29, 1.82) is 0 Å². The fraction of sp³-hybridized carbons (Fsp3) is 0.333. The number of pyridine rings is 1. The number of methoxy groups -OCH3 is 1. The molecule has 0 bridgehead atoms. The molecule has 3 heterocycles. The molecule has 0 amide bonds. The van der Waals surface area contributed by atoms with Gasteiger partial charge in [-0.05, 0) is 55.7 Å². The summed E-state index contributed by atoms with van der Waals surface area (Å²) >= 11 is 0. The van der Waals surface area contributed by atoms with Crippen LogP contribution in [0, 0.1) is 5.82 Å². The maximum Gasteiger partial charge on any atom is 0.316 e. The van der Waals surface area contributed by atoms with Gasteiger partial charge in [0.1, 0.15) is 5.65 Å². The van der Waals surface area contributed by atoms with Crippen molar-refractivity contribution < 1.29 is 13.9 Å². The average Bonchev–Trinajstić information content (AvgIpc) is 3.09. The molecule has 3 aromatic rings. The molecule has 1 aliphatic heterocycles. The first kappa shape index (κ1) is 17.7. The van der Waals surface area contributed by atoms with Crippen molar-refractivity contribution in [2.45, 2.75) is 18.3 Å². The number of esters is 1. The topological polar surface area (TPSA) is 58.2 Å². The molecule has 0 atom stereocenters. The number of aromatic amines is 1. The highest BCUT2D eigenvalue weighted by Gasteiger charge is 2.43. The van der Waals surface area contributed by atoms with E-state index in [1.807, 2.05) is 24.3 Å². The summed E-state index contributed by atoms with van der Waals surface area (Å²) < 4.78 is 19.3. The van der Waals surface area contributed by atoms with E-state index in [4.69, 9.17) is 4.74 Å². The first-order valence-corrected chi connectivity index (χ1v) is 9.04. The molecule has 1 N–H and O–H groups in total. The van der Waals surface area contributed by atoms with Crippen LogP contribution in [0.15, 0.2) is 42.7 Å². The number of halogens is 1. The molecule has 1 fully saturated rings. The van der Waals surface area contributed by atoms with Crippen LogP contribution in [0.2, 0.25) is 0 Å². The van der Waals surface area contributed by atoms with Crippen molar-refractivity contribution in [3.8, 4) is 11.1 Å². The van der Waals surface area contributed by atoms with Crippen LogP contribution in [-0.4, -0.2) is 48.1 Å². The fourth-order valence-electron chi connectivity index (χ4n) is 4.03. The Balaban J connectivity index is 1.74. The van der Waals surface area contributed by atoms with E-state index < -0.39 is 5.41 Å². The van der Waals surface area contributed by atoms with Gasteiger partial charge in [-0.3, -0.25) is 4.79 Å². The maximum absolute atomic E-state index is 14.2. The molecule has 1 aliphatic rings. The highest BCUT2D eigenvalue weighted by molar-refractivity contribution is 5.93. The Kier molecular flexibility index (Phi) is 4.44. The van der Waals surface area contributed by atoms with Crippen molar-refractivity contribution in [1.82, 2.24) is 14.9 Å². The quantitative estimate of drug-likeness (QED) is 0.720. The lowest BCUT2D eigenvalue weighted by molar-refractivity contribution is -0.149. The lowest BCUT2D eigenvalue weighted by atomic mass is 9.72. The molecule has 27 heavy (non-hydrogen) atoms. The largest absolute Gasteiger partial charge is 0.468 e. The van der Waals surface area contributed by atoms with Gasteiger partial charge in [-0.2, -0.15) is 0 Å². The summed E-state index contributed by atoms with van der Waals surface area (Å²) in [7, 11) is 3.50. The number of H-pyrrole nitrogens is 1. The number of fused-ring (bicyclic) bond motifs is 1. The van der Waals surface area contributed by atoms with Crippen LogP contribution in [0.5, 0.6) is 0 Å². The van der Waals surface area contributed by atoms with E-state index in [1.54, 1.807) is 12.3 Å². The van der Waals surface area contributed by atoms with Gasteiger partial charge in [0.05, 0.1) is 17.9 Å².